The molecule has 1 aliphatic rings. The molecule has 1 rings (SSSR count). The molecule has 0 amide bonds. The van der Waals surface area contributed by atoms with Gasteiger partial charge in [-0.15, -0.1) is 0 Å². The Morgan fingerprint density at radius 1 is 1.72 bits per heavy atom. The number of thiocarbonyl (C=S) groups is 1. The van der Waals surface area contributed by atoms with E-state index in [1.807, 2.05) is 13.8 Å². The molecule has 0 radical (unpaired) electrons. The second-order valence-electron chi connectivity index (χ2n) is 5.03. The summed E-state index contributed by atoms with van der Waals surface area (Å²) in [5.74, 6) is -0.0721. The third-order valence-electron chi connectivity index (χ3n) is 3.47. The van der Waals surface area contributed by atoms with Crippen molar-refractivity contribution in [3.05, 3.63) is 11.8 Å². The number of hydrogen-bond acceptors (Lipinski definition) is 3. The molecule has 102 valence electrons. The molecule has 0 aromatic carbocycles. The molecule has 0 aliphatic carbocycles. The van der Waals surface area contributed by atoms with Crippen LogP contribution in [-0.2, 0) is 9.53 Å². The van der Waals surface area contributed by atoms with Gasteiger partial charge in [0, 0.05) is 12.6 Å². The van der Waals surface area contributed by atoms with Crippen molar-refractivity contribution in [2.45, 2.75) is 52.1 Å². The Kier molecular flexibility index (Phi) is 5.14. The monoisotopic (exact) mass is 270 g/mol. The fourth-order valence-electron chi connectivity index (χ4n) is 2.14. The van der Waals surface area contributed by atoms with Crippen molar-refractivity contribution < 1.29 is 9.53 Å². The molecule has 0 unspecified atom stereocenters. The van der Waals surface area contributed by atoms with Crippen molar-refractivity contribution in [1.82, 2.24) is 5.32 Å². The summed E-state index contributed by atoms with van der Waals surface area (Å²) in [7, 11) is 0. The van der Waals surface area contributed by atoms with E-state index in [0.29, 0.717) is 0 Å². The molecule has 0 aromatic rings. The molecule has 1 heterocycles. The Morgan fingerprint density at radius 2 is 2.39 bits per heavy atom. The van der Waals surface area contributed by atoms with Gasteiger partial charge in [-0.3, -0.25) is 4.79 Å². The smallest absolute Gasteiger partial charge is 0.309 e. The van der Waals surface area contributed by atoms with Gasteiger partial charge in [0.1, 0.15) is 5.60 Å². The van der Waals surface area contributed by atoms with Crippen molar-refractivity contribution in [3.8, 4) is 0 Å². The maximum atomic E-state index is 11.8. The maximum Gasteiger partial charge on any atom is 0.309 e. The van der Waals surface area contributed by atoms with Crippen LogP contribution in [0.1, 0.15) is 46.5 Å². The van der Waals surface area contributed by atoms with E-state index in [1.54, 1.807) is 6.20 Å². The van der Waals surface area contributed by atoms with E-state index in [2.05, 4.69) is 12.2 Å². The fraction of sp³-hybridized carbons (Fsp3) is 0.692. The van der Waals surface area contributed by atoms with Crippen LogP contribution < -0.4 is 11.1 Å². The molecule has 0 aromatic heterocycles. The lowest BCUT2D eigenvalue weighted by molar-refractivity contribution is -0.147. The lowest BCUT2D eigenvalue weighted by atomic mass is 9.87. The van der Waals surface area contributed by atoms with Gasteiger partial charge in [0.2, 0.25) is 0 Å². The molecular weight excluding hydrogens is 248 g/mol. The summed E-state index contributed by atoms with van der Waals surface area (Å²) >= 11 is 4.74. The molecule has 1 fully saturated rings. The van der Waals surface area contributed by atoms with Crippen molar-refractivity contribution in [3.63, 3.8) is 0 Å². The zero-order valence-electron chi connectivity index (χ0n) is 11.3. The van der Waals surface area contributed by atoms with Crippen LogP contribution in [0.2, 0.25) is 0 Å². The first-order valence-electron chi connectivity index (χ1n) is 6.35. The van der Waals surface area contributed by atoms with Gasteiger partial charge in [0.05, 0.1) is 5.92 Å². The zero-order valence-corrected chi connectivity index (χ0v) is 12.1. The molecule has 3 N–H and O–H groups in total. The van der Waals surface area contributed by atoms with Crippen LogP contribution in [0, 0.1) is 5.92 Å². The summed E-state index contributed by atoms with van der Waals surface area (Å²) in [4.78, 5) is 11.8. The molecular formula is C13H22N2O2S. The first kappa shape index (κ1) is 15.0. The van der Waals surface area contributed by atoms with Crippen LogP contribution >= 0.6 is 12.2 Å². The van der Waals surface area contributed by atoms with Gasteiger partial charge in [0.25, 0.3) is 0 Å². The molecule has 2 atom stereocenters. The summed E-state index contributed by atoms with van der Waals surface area (Å²) in [6, 6.07) is 0. The van der Waals surface area contributed by atoms with Gasteiger partial charge in [0.15, 0.2) is 5.11 Å². The predicted molar refractivity (Wildman–Crippen MR) is 75.8 cm³/mol. The summed E-state index contributed by atoms with van der Waals surface area (Å²) < 4.78 is 5.52. The molecule has 0 spiro atoms. The highest BCUT2D eigenvalue weighted by molar-refractivity contribution is 7.80. The number of rotatable bonds is 5. The summed E-state index contributed by atoms with van der Waals surface area (Å²) in [5.41, 5.74) is 5.77. The van der Waals surface area contributed by atoms with Gasteiger partial charge < -0.3 is 15.8 Å². The van der Waals surface area contributed by atoms with Crippen LogP contribution in [-0.4, -0.2) is 16.7 Å². The Bertz CT molecular complexity index is 368. The molecule has 0 bridgehead atoms. The average Bonchev–Trinajstić information content (AvgIpc) is 2.59. The number of carbonyl (C=O) groups excluding carboxylic acids is 1. The number of carbonyl (C=O) groups is 1. The van der Waals surface area contributed by atoms with Crippen LogP contribution in [0.3, 0.4) is 0 Å². The van der Waals surface area contributed by atoms with Gasteiger partial charge in [-0.2, -0.15) is 0 Å². The van der Waals surface area contributed by atoms with Crippen LogP contribution in [0.15, 0.2) is 11.8 Å². The summed E-state index contributed by atoms with van der Waals surface area (Å²) in [6.07, 6.45) is 5.51. The highest BCUT2D eigenvalue weighted by atomic mass is 32.1. The fourth-order valence-corrected chi connectivity index (χ4v) is 2.20. The van der Waals surface area contributed by atoms with Crippen molar-refractivity contribution in [2.75, 3.05) is 0 Å². The maximum absolute atomic E-state index is 11.8. The highest BCUT2D eigenvalue weighted by Gasteiger charge is 2.43. The number of nitrogens with one attached hydrogen (secondary N) is 1. The number of nitrogens with two attached hydrogens (primary N) is 1. The van der Waals surface area contributed by atoms with Gasteiger partial charge in [-0.25, -0.2) is 0 Å². The Balaban J connectivity index is 2.68. The first-order chi connectivity index (χ1) is 8.39. The molecule has 5 heteroatoms. The average molecular weight is 270 g/mol. The van der Waals surface area contributed by atoms with Crippen molar-refractivity contribution in [2.24, 2.45) is 11.7 Å². The molecule has 0 saturated carbocycles. The lowest BCUT2D eigenvalue weighted by Gasteiger charge is -2.23. The zero-order chi connectivity index (χ0) is 13.8. The van der Waals surface area contributed by atoms with Crippen molar-refractivity contribution in [1.29, 1.82) is 0 Å². The number of ether oxygens (including phenoxy) is 1. The predicted octanol–water partition coefficient (Wildman–Crippen LogP) is 2.24. The number of cyclic esters (lactones) is 1. The minimum absolute atomic E-state index is 0.0168. The van der Waals surface area contributed by atoms with Gasteiger partial charge in [-0.05, 0) is 38.1 Å². The lowest BCUT2D eigenvalue weighted by Crippen LogP contribution is -2.30. The summed E-state index contributed by atoms with van der Waals surface area (Å²) in [6.45, 7) is 5.97. The normalized spacial score (nSPS) is 28.1. The molecule has 18 heavy (non-hydrogen) atoms. The topological polar surface area (TPSA) is 64.3 Å². The van der Waals surface area contributed by atoms with Crippen LogP contribution in [0.4, 0.5) is 0 Å². The minimum Gasteiger partial charge on any atom is -0.455 e. The van der Waals surface area contributed by atoms with E-state index in [1.165, 1.54) is 0 Å². The minimum atomic E-state index is -0.534. The molecule has 4 nitrogen and oxygen atoms in total. The Hall–Kier alpha value is -1.10. The quantitative estimate of drug-likeness (QED) is 0.592. The van der Waals surface area contributed by atoms with E-state index >= 15 is 0 Å². The van der Waals surface area contributed by atoms with E-state index in [9.17, 15) is 4.79 Å². The van der Waals surface area contributed by atoms with E-state index in [-0.39, 0.29) is 17.0 Å². The summed E-state index contributed by atoms with van der Waals surface area (Å²) in [5, 5.41) is 2.99. The van der Waals surface area contributed by atoms with Crippen LogP contribution in [0.25, 0.3) is 0 Å². The molecule has 1 saturated heterocycles. The standard InChI is InChI=1S/C13H22N2O2S/c1-4-5-6-10-7-13(3,17-11(10)16)9(2)8-15-12(14)18/h8,10H,4-7H2,1-3H3,(H3,14,15,18)/t10-,13-/m0/s1. The Morgan fingerprint density at radius 3 is 2.94 bits per heavy atom. The van der Waals surface area contributed by atoms with Gasteiger partial charge in [-0.1, -0.05) is 19.8 Å². The number of esters is 1. The second kappa shape index (κ2) is 6.18. The largest absolute Gasteiger partial charge is 0.455 e. The second-order valence-corrected chi connectivity index (χ2v) is 5.47. The number of hydrogen-bond donors (Lipinski definition) is 2. The van der Waals surface area contributed by atoms with Crippen LogP contribution in [0.5, 0.6) is 0 Å². The highest BCUT2D eigenvalue weighted by Crippen LogP contribution is 2.38. The SMILES string of the molecule is CCCC[C@H]1C[C@@](C)(C(C)=CNC(N)=S)OC1=O. The van der Waals surface area contributed by atoms with E-state index < -0.39 is 5.60 Å². The number of unbranched alkanes of at least 4 members (excludes halogenated alkanes) is 1. The molecule has 1 aliphatic heterocycles. The van der Waals surface area contributed by atoms with Crippen molar-refractivity contribution >= 4 is 23.3 Å². The van der Waals surface area contributed by atoms with Gasteiger partial charge >= 0.3 is 5.97 Å². The van der Waals surface area contributed by atoms with E-state index in [0.717, 1.165) is 31.3 Å². The third kappa shape index (κ3) is 3.70. The Labute approximate surface area is 114 Å². The first-order valence-corrected chi connectivity index (χ1v) is 6.76. The third-order valence-corrected chi connectivity index (χ3v) is 3.58. The van der Waals surface area contributed by atoms with E-state index in [4.69, 9.17) is 22.7 Å².